The molecule has 5 heteroatoms. The molecule has 0 saturated carbocycles. The second-order valence-corrected chi connectivity index (χ2v) is 4.14. The summed E-state index contributed by atoms with van der Waals surface area (Å²) in [6.45, 7) is 1.28. The second kappa shape index (κ2) is 4.60. The van der Waals surface area contributed by atoms with Gasteiger partial charge in [-0.1, -0.05) is 0 Å². The van der Waals surface area contributed by atoms with Crippen molar-refractivity contribution in [3.63, 3.8) is 0 Å². The number of ether oxygens (including phenoxy) is 2. The lowest BCUT2D eigenvalue weighted by Gasteiger charge is -2.11. The topological polar surface area (TPSA) is 55.1 Å². The van der Waals surface area contributed by atoms with Gasteiger partial charge >= 0.3 is 0 Å². The van der Waals surface area contributed by atoms with Gasteiger partial charge in [-0.25, -0.2) is 4.98 Å². The fourth-order valence-corrected chi connectivity index (χ4v) is 1.70. The molecule has 0 unspecified atom stereocenters. The van der Waals surface area contributed by atoms with E-state index < -0.39 is 0 Å². The number of aromatic nitrogens is 1. The zero-order valence-electron chi connectivity index (χ0n) is 7.94. The number of hydrogen-bond donors (Lipinski definition) is 0. The monoisotopic (exact) mass is 268 g/mol. The molecule has 15 heavy (non-hydrogen) atoms. The highest BCUT2D eigenvalue weighted by Crippen LogP contribution is 2.21. The van der Waals surface area contributed by atoms with Crippen LogP contribution in [0, 0.1) is 11.3 Å². The van der Waals surface area contributed by atoms with E-state index in [1.165, 1.54) is 0 Å². The van der Waals surface area contributed by atoms with Crippen molar-refractivity contribution in [1.82, 2.24) is 4.98 Å². The minimum Gasteiger partial charge on any atom is -0.471 e. The number of nitrogens with zero attached hydrogens (tertiary/aromatic N) is 2. The molecule has 0 bridgehead atoms. The van der Waals surface area contributed by atoms with E-state index in [-0.39, 0.29) is 6.10 Å². The average molecular weight is 269 g/mol. The summed E-state index contributed by atoms with van der Waals surface area (Å²) in [6.07, 6.45) is 2.49. The van der Waals surface area contributed by atoms with Crippen LogP contribution in [0.2, 0.25) is 0 Å². The third kappa shape index (κ3) is 2.46. The third-order valence-corrected chi connectivity index (χ3v) is 2.54. The van der Waals surface area contributed by atoms with E-state index in [1.54, 1.807) is 12.3 Å². The Bertz CT molecular complexity index is 397. The van der Waals surface area contributed by atoms with E-state index >= 15 is 0 Å². The predicted molar refractivity (Wildman–Crippen MR) is 56.5 cm³/mol. The lowest BCUT2D eigenvalue weighted by Crippen LogP contribution is -2.17. The molecule has 1 atom stereocenters. The highest BCUT2D eigenvalue weighted by molar-refractivity contribution is 9.10. The molecule has 1 aromatic heterocycles. The van der Waals surface area contributed by atoms with Crippen molar-refractivity contribution in [2.24, 2.45) is 0 Å². The first-order valence-electron chi connectivity index (χ1n) is 4.59. The maximum Gasteiger partial charge on any atom is 0.232 e. The number of nitriles is 1. The van der Waals surface area contributed by atoms with Crippen LogP contribution in [0.3, 0.4) is 0 Å². The van der Waals surface area contributed by atoms with Gasteiger partial charge in [0.25, 0.3) is 0 Å². The molecule has 0 spiro atoms. The summed E-state index contributed by atoms with van der Waals surface area (Å²) in [5, 5.41) is 8.89. The van der Waals surface area contributed by atoms with E-state index in [9.17, 15) is 0 Å². The highest BCUT2D eigenvalue weighted by Gasteiger charge is 2.19. The molecule has 0 N–H and O–H groups in total. The van der Waals surface area contributed by atoms with Gasteiger partial charge in [-0.15, -0.1) is 0 Å². The SMILES string of the molecule is N#Cc1cc(Br)cnc1O[C@@H]1CCOC1. The molecule has 1 aromatic rings. The first kappa shape index (κ1) is 10.4. The summed E-state index contributed by atoms with van der Waals surface area (Å²) in [5.41, 5.74) is 0.441. The molecule has 4 nitrogen and oxygen atoms in total. The van der Waals surface area contributed by atoms with Gasteiger partial charge in [-0.3, -0.25) is 0 Å². The molecule has 2 heterocycles. The zero-order valence-corrected chi connectivity index (χ0v) is 9.53. The van der Waals surface area contributed by atoms with Crippen LogP contribution in [0.25, 0.3) is 0 Å². The molecule has 2 rings (SSSR count). The van der Waals surface area contributed by atoms with Gasteiger partial charge in [-0.2, -0.15) is 5.26 Å². The van der Waals surface area contributed by atoms with Gasteiger partial charge < -0.3 is 9.47 Å². The van der Waals surface area contributed by atoms with Gasteiger partial charge in [0.15, 0.2) is 0 Å². The lowest BCUT2D eigenvalue weighted by atomic mass is 10.3. The van der Waals surface area contributed by atoms with E-state index in [0.717, 1.165) is 10.9 Å². The summed E-state index contributed by atoms with van der Waals surface area (Å²) in [5.74, 6) is 0.385. The van der Waals surface area contributed by atoms with Gasteiger partial charge in [0, 0.05) is 17.1 Å². The third-order valence-electron chi connectivity index (χ3n) is 2.10. The summed E-state index contributed by atoms with van der Waals surface area (Å²) < 4.78 is 11.5. The Kier molecular flexibility index (Phi) is 3.19. The summed E-state index contributed by atoms with van der Waals surface area (Å²) in [7, 11) is 0. The van der Waals surface area contributed by atoms with Crippen molar-refractivity contribution in [1.29, 1.82) is 5.26 Å². The first-order valence-corrected chi connectivity index (χ1v) is 5.39. The molecule has 1 saturated heterocycles. The standard InChI is InChI=1S/C10H9BrN2O2/c11-8-3-7(4-12)10(13-5-8)15-9-1-2-14-6-9/h3,5,9H,1-2,6H2/t9-/m1/s1. The number of pyridine rings is 1. The minimum absolute atomic E-state index is 0.0192. The smallest absolute Gasteiger partial charge is 0.232 e. The molecule has 0 amide bonds. The summed E-state index contributed by atoms with van der Waals surface area (Å²) in [6, 6.07) is 3.74. The summed E-state index contributed by atoms with van der Waals surface area (Å²) >= 11 is 3.26. The molecular formula is C10H9BrN2O2. The van der Waals surface area contributed by atoms with Crippen LogP contribution in [0.5, 0.6) is 5.88 Å². The quantitative estimate of drug-likeness (QED) is 0.822. The van der Waals surface area contributed by atoms with Crippen LogP contribution in [-0.2, 0) is 4.74 Å². The van der Waals surface area contributed by atoms with Gasteiger partial charge in [0.2, 0.25) is 5.88 Å². The van der Waals surface area contributed by atoms with E-state index in [2.05, 4.69) is 27.0 Å². The molecule has 78 valence electrons. The molecule has 1 fully saturated rings. The Hall–Kier alpha value is -1.12. The zero-order chi connectivity index (χ0) is 10.7. The van der Waals surface area contributed by atoms with Crippen molar-refractivity contribution in [2.45, 2.75) is 12.5 Å². The highest BCUT2D eigenvalue weighted by atomic mass is 79.9. The van der Waals surface area contributed by atoms with Crippen LogP contribution in [-0.4, -0.2) is 24.3 Å². The van der Waals surface area contributed by atoms with Crippen LogP contribution in [0.1, 0.15) is 12.0 Å². The van der Waals surface area contributed by atoms with Crippen LogP contribution >= 0.6 is 15.9 Å². The summed E-state index contributed by atoms with van der Waals surface area (Å²) in [4.78, 5) is 4.07. The molecule has 0 aromatic carbocycles. The van der Waals surface area contributed by atoms with E-state index in [0.29, 0.717) is 24.7 Å². The van der Waals surface area contributed by atoms with Crippen LogP contribution in [0.15, 0.2) is 16.7 Å². The maximum atomic E-state index is 8.89. The Labute approximate surface area is 96.0 Å². The lowest BCUT2D eigenvalue weighted by molar-refractivity contribution is 0.138. The van der Waals surface area contributed by atoms with Gasteiger partial charge in [0.1, 0.15) is 17.7 Å². The van der Waals surface area contributed by atoms with Crippen molar-refractivity contribution >= 4 is 15.9 Å². The molecule has 0 aliphatic carbocycles. The van der Waals surface area contributed by atoms with E-state index in [1.807, 2.05) is 0 Å². The maximum absolute atomic E-state index is 8.89. The minimum atomic E-state index is 0.0192. The Morgan fingerprint density at radius 3 is 3.20 bits per heavy atom. The molecule has 1 aliphatic rings. The first-order chi connectivity index (χ1) is 7.29. The van der Waals surface area contributed by atoms with Crippen molar-refractivity contribution in [2.75, 3.05) is 13.2 Å². The fourth-order valence-electron chi connectivity index (χ4n) is 1.36. The van der Waals surface area contributed by atoms with Gasteiger partial charge in [-0.05, 0) is 22.0 Å². The normalized spacial score (nSPS) is 19.9. The predicted octanol–water partition coefficient (Wildman–Crippen LogP) is 1.88. The van der Waals surface area contributed by atoms with Gasteiger partial charge in [0.05, 0.1) is 13.2 Å². The molecule has 0 radical (unpaired) electrons. The average Bonchev–Trinajstić information content (AvgIpc) is 2.73. The van der Waals surface area contributed by atoms with Crippen LogP contribution in [0.4, 0.5) is 0 Å². The Morgan fingerprint density at radius 2 is 2.53 bits per heavy atom. The van der Waals surface area contributed by atoms with Crippen molar-refractivity contribution in [3.8, 4) is 11.9 Å². The number of hydrogen-bond acceptors (Lipinski definition) is 4. The fraction of sp³-hybridized carbons (Fsp3) is 0.400. The van der Waals surface area contributed by atoms with Crippen molar-refractivity contribution < 1.29 is 9.47 Å². The van der Waals surface area contributed by atoms with E-state index in [4.69, 9.17) is 14.7 Å². The van der Waals surface area contributed by atoms with Crippen LogP contribution < -0.4 is 4.74 Å². The van der Waals surface area contributed by atoms with Crippen molar-refractivity contribution in [3.05, 3.63) is 22.3 Å². The largest absolute Gasteiger partial charge is 0.471 e. The Balaban J connectivity index is 2.16. The number of halogens is 1. The molecular weight excluding hydrogens is 260 g/mol. The number of rotatable bonds is 2. The molecule has 1 aliphatic heterocycles. The second-order valence-electron chi connectivity index (χ2n) is 3.22. The Morgan fingerprint density at radius 1 is 1.67 bits per heavy atom.